The van der Waals surface area contributed by atoms with Crippen LogP contribution in [0.4, 0.5) is 5.95 Å². The van der Waals surface area contributed by atoms with E-state index in [1.807, 2.05) is 0 Å². The lowest BCUT2D eigenvalue weighted by molar-refractivity contribution is -0.0503. The van der Waals surface area contributed by atoms with E-state index in [4.69, 9.17) is 14.5 Å². The number of phosphoric acid groups is 1. The zero-order valence-electron chi connectivity index (χ0n) is 16.1. The summed E-state index contributed by atoms with van der Waals surface area (Å²) in [6.07, 6.45) is -4.54. The maximum atomic E-state index is 12.4. The number of aliphatic hydroxyl groups excluding tert-OH is 2. The zero-order chi connectivity index (χ0) is 23.0. The van der Waals surface area contributed by atoms with Gasteiger partial charge in [0.15, 0.2) is 17.4 Å². The van der Waals surface area contributed by atoms with Crippen molar-refractivity contribution in [3.8, 4) is 0 Å². The molecule has 0 aliphatic carbocycles. The number of carbonyl (C=O) groups is 1. The first-order chi connectivity index (χ1) is 15.1. The summed E-state index contributed by atoms with van der Waals surface area (Å²) < 4.78 is 21.9. The Hall–Kier alpha value is -2.97. The molecule has 1 amide bonds. The fourth-order valence-electron chi connectivity index (χ4n) is 3.21. The number of nitrogens with one attached hydrogen (secondary N) is 2. The molecule has 1 aliphatic heterocycles. The number of benzene rings is 1. The first kappa shape index (κ1) is 22.2. The number of ether oxygens (including phenoxy) is 1. The average molecular weight is 467 g/mol. The van der Waals surface area contributed by atoms with Crippen LogP contribution in [0.2, 0.25) is 0 Å². The van der Waals surface area contributed by atoms with E-state index < -0.39 is 50.4 Å². The Morgan fingerprint density at radius 2 is 1.97 bits per heavy atom. The van der Waals surface area contributed by atoms with Gasteiger partial charge < -0.3 is 24.7 Å². The topological polar surface area (TPSA) is 209 Å². The number of hydrogen-bond donors (Lipinski definition) is 6. The monoisotopic (exact) mass is 467 g/mol. The second-order valence-corrected chi connectivity index (χ2v) is 8.13. The van der Waals surface area contributed by atoms with Crippen LogP contribution in [0.25, 0.3) is 11.2 Å². The molecule has 0 radical (unpaired) electrons. The Bertz CT molecular complexity index is 1240. The SMILES string of the molecule is O=C(Nc1nc2c(ncn2[C@@H]2O[C@H](COP(=O)(O)O)[C@@H](O)[C@H]2O)c(=O)[nH]1)c1ccccc1. The molecule has 2 aromatic heterocycles. The average Bonchev–Trinajstić information content (AvgIpc) is 3.28. The molecule has 0 spiro atoms. The number of aromatic amines is 1. The van der Waals surface area contributed by atoms with Crippen LogP contribution >= 0.6 is 7.82 Å². The Labute approximate surface area is 178 Å². The third-order valence-electron chi connectivity index (χ3n) is 4.72. The Morgan fingerprint density at radius 3 is 2.66 bits per heavy atom. The molecule has 3 aromatic rings. The van der Waals surface area contributed by atoms with Crippen LogP contribution in [-0.2, 0) is 13.8 Å². The lowest BCUT2D eigenvalue weighted by atomic mass is 10.1. The van der Waals surface area contributed by atoms with Gasteiger partial charge in [-0.1, -0.05) is 18.2 Å². The Kier molecular flexibility index (Phi) is 5.92. The molecule has 0 unspecified atom stereocenters. The highest BCUT2D eigenvalue weighted by Gasteiger charge is 2.45. The summed E-state index contributed by atoms with van der Waals surface area (Å²) in [6, 6.07) is 8.21. The van der Waals surface area contributed by atoms with Crippen LogP contribution in [0.15, 0.2) is 41.5 Å². The maximum absolute atomic E-state index is 12.4. The van der Waals surface area contributed by atoms with Gasteiger partial charge in [0.25, 0.3) is 11.5 Å². The molecule has 6 N–H and O–H groups in total. The van der Waals surface area contributed by atoms with Crippen LogP contribution in [0.1, 0.15) is 16.6 Å². The number of fused-ring (bicyclic) bond motifs is 1. The van der Waals surface area contributed by atoms with Gasteiger partial charge in [-0.2, -0.15) is 4.98 Å². The molecular weight excluding hydrogens is 449 g/mol. The molecular formula is C17H18N5O9P. The van der Waals surface area contributed by atoms with E-state index in [-0.39, 0.29) is 17.1 Å². The number of amides is 1. The molecule has 170 valence electrons. The number of anilines is 1. The van der Waals surface area contributed by atoms with Gasteiger partial charge in [0, 0.05) is 5.56 Å². The zero-order valence-corrected chi connectivity index (χ0v) is 17.0. The molecule has 14 nitrogen and oxygen atoms in total. The fourth-order valence-corrected chi connectivity index (χ4v) is 3.55. The lowest BCUT2D eigenvalue weighted by Crippen LogP contribution is -2.33. The van der Waals surface area contributed by atoms with Crippen LogP contribution in [0, 0.1) is 0 Å². The minimum atomic E-state index is -4.83. The fraction of sp³-hybridized carbons (Fsp3) is 0.294. The van der Waals surface area contributed by atoms with Crippen LogP contribution in [-0.4, -0.2) is 70.3 Å². The minimum absolute atomic E-state index is 0.0649. The van der Waals surface area contributed by atoms with E-state index >= 15 is 0 Å². The van der Waals surface area contributed by atoms with E-state index in [0.29, 0.717) is 5.56 Å². The molecule has 4 rings (SSSR count). The van der Waals surface area contributed by atoms with Crippen molar-refractivity contribution in [1.29, 1.82) is 0 Å². The molecule has 1 saturated heterocycles. The highest BCUT2D eigenvalue weighted by atomic mass is 31.2. The van der Waals surface area contributed by atoms with Crippen molar-refractivity contribution in [3.63, 3.8) is 0 Å². The second-order valence-electron chi connectivity index (χ2n) is 6.89. The van der Waals surface area contributed by atoms with Crippen molar-refractivity contribution in [2.24, 2.45) is 0 Å². The molecule has 3 heterocycles. The van der Waals surface area contributed by atoms with Crippen molar-refractivity contribution in [2.45, 2.75) is 24.5 Å². The van der Waals surface area contributed by atoms with E-state index in [1.54, 1.807) is 30.3 Å². The predicted octanol–water partition coefficient (Wildman–Crippen LogP) is -0.900. The number of imidazole rings is 1. The van der Waals surface area contributed by atoms with Gasteiger partial charge in [-0.3, -0.25) is 29.0 Å². The van der Waals surface area contributed by atoms with Crippen molar-refractivity contribution in [1.82, 2.24) is 19.5 Å². The molecule has 1 aromatic carbocycles. The summed E-state index contributed by atoms with van der Waals surface area (Å²) in [5.74, 6) is -0.714. The summed E-state index contributed by atoms with van der Waals surface area (Å²) in [6.45, 7) is -0.696. The summed E-state index contributed by atoms with van der Waals surface area (Å²) in [4.78, 5) is 52.9. The second kappa shape index (κ2) is 8.52. The molecule has 32 heavy (non-hydrogen) atoms. The van der Waals surface area contributed by atoms with Gasteiger partial charge in [0.05, 0.1) is 12.9 Å². The number of rotatable bonds is 6. The van der Waals surface area contributed by atoms with E-state index in [0.717, 1.165) is 10.9 Å². The van der Waals surface area contributed by atoms with Crippen LogP contribution in [0.5, 0.6) is 0 Å². The molecule has 1 fully saturated rings. The maximum Gasteiger partial charge on any atom is 0.469 e. The molecule has 15 heteroatoms. The number of hydrogen-bond acceptors (Lipinski definition) is 9. The van der Waals surface area contributed by atoms with Crippen molar-refractivity contribution < 1.29 is 38.6 Å². The summed E-state index contributed by atoms with van der Waals surface area (Å²) >= 11 is 0. The largest absolute Gasteiger partial charge is 0.469 e. The van der Waals surface area contributed by atoms with Crippen molar-refractivity contribution in [3.05, 3.63) is 52.6 Å². The van der Waals surface area contributed by atoms with Crippen LogP contribution < -0.4 is 10.9 Å². The molecule has 0 bridgehead atoms. The van der Waals surface area contributed by atoms with Crippen molar-refractivity contribution >= 4 is 30.8 Å². The van der Waals surface area contributed by atoms with E-state index in [9.17, 15) is 24.4 Å². The number of aromatic nitrogens is 4. The van der Waals surface area contributed by atoms with Gasteiger partial charge in [-0.25, -0.2) is 9.55 Å². The Balaban J connectivity index is 1.62. The number of phosphoric ester groups is 1. The Morgan fingerprint density at radius 1 is 1.25 bits per heavy atom. The summed E-state index contributed by atoms with van der Waals surface area (Å²) in [5, 5.41) is 23.0. The van der Waals surface area contributed by atoms with E-state index in [2.05, 4.69) is 24.8 Å². The summed E-state index contributed by atoms with van der Waals surface area (Å²) in [5.41, 5.74) is -0.534. The van der Waals surface area contributed by atoms with Crippen LogP contribution in [0.3, 0.4) is 0 Å². The first-order valence-corrected chi connectivity index (χ1v) is 10.7. The van der Waals surface area contributed by atoms with Crippen molar-refractivity contribution in [2.75, 3.05) is 11.9 Å². The summed E-state index contributed by atoms with van der Waals surface area (Å²) in [7, 11) is -4.83. The lowest BCUT2D eigenvalue weighted by Gasteiger charge is -2.16. The molecule has 1 aliphatic rings. The quantitative estimate of drug-likeness (QED) is 0.245. The highest BCUT2D eigenvalue weighted by molar-refractivity contribution is 7.46. The normalized spacial score (nSPS) is 23.5. The third-order valence-corrected chi connectivity index (χ3v) is 5.20. The van der Waals surface area contributed by atoms with Gasteiger partial charge in [-0.05, 0) is 12.1 Å². The third kappa shape index (κ3) is 4.47. The molecule has 4 atom stereocenters. The molecule has 0 saturated carbocycles. The first-order valence-electron chi connectivity index (χ1n) is 9.19. The number of carbonyl (C=O) groups excluding carboxylic acids is 1. The van der Waals surface area contributed by atoms with Gasteiger partial charge >= 0.3 is 7.82 Å². The number of H-pyrrole nitrogens is 1. The predicted molar refractivity (Wildman–Crippen MR) is 106 cm³/mol. The standard InChI is InChI=1S/C17H18N5O9P/c23-11-9(6-30-32(27,28)29)31-16(12(11)24)22-7-18-10-13(22)19-17(21-15(10)26)20-14(25)8-4-2-1-3-5-8/h1-5,7,9,11-12,16,23-24H,6H2,(H2,27,28,29)(H2,19,20,21,25,26)/t9-,11-,12-,16-/m1/s1. The van der Waals surface area contributed by atoms with Gasteiger partial charge in [0.2, 0.25) is 5.95 Å². The van der Waals surface area contributed by atoms with Gasteiger partial charge in [0.1, 0.15) is 18.3 Å². The smallest absolute Gasteiger partial charge is 0.387 e. The number of nitrogens with zero attached hydrogens (tertiary/aromatic N) is 3. The van der Waals surface area contributed by atoms with Gasteiger partial charge in [-0.15, -0.1) is 0 Å². The number of aliphatic hydroxyl groups is 2. The van der Waals surface area contributed by atoms with E-state index in [1.165, 1.54) is 0 Å². The highest BCUT2D eigenvalue weighted by Crippen LogP contribution is 2.38. The minimum Gasteiger partial charge on any atom is -0.387 e.